The van der Waals surface area contributed by atoms with Gasteiger partial charge in [0.25, 0.3) is 5.91 Å². The molecule has 14 nitrogen and oxygen atoms in total. The molecule has 14 heteroatoms. The zero-order valence-corrected chi connectivity index (χ0v) is 29.3. The van der Waals surface area contributed by atoms with E-state index >= 15 is 0 Å². The van der Waals surface area contributed by atoms with Crippen LogP contribution in [0.1, 0.15) is 56.4 Å². The standard InChI is InChI=1S/C38H43N5O9/c1-23-8-6-16-39-33(46)15-12-24(2)35(25(3)21-51-38(49)42-32-14-13-26-9-4-5-10-29(26)40-32)52-37(48)31-11-7-17-43(31)36(47)30-22-50-34(41-30)20-28(45)19-27(44)18-23/h4-6,8-10,12-15,18,22,24-25,27,31,35,44H,7,11,16-17,19-21H2,1-3H3,(H,39,46)(H,40,42,49)/b8-6?,15-12+,23-18?/t24-,25+,27-,31-,35+/m1/s1. The van der Waals surface area contributed by atoms with E-state index in [2.05, 4.69) is 20.6 Å². The van der Waals surface area contributed by atoms with Gasteiger partial charge in [-0.05, 0) is 44.0 Å². The number of cyclic esters (lactones) is 1. The van der Waals surface area contributed by atoms with Gasteiger partial charge in [0.1, 0.15) is 30.0 Å². The maximum Gasteiger partial charge on any atom is 0.412 e. The summed E-state index contributed by atoms with van der Waals surface area (Å²) < 4.78 is 17.0. The molecule has 3 amide bonds. The van der Waals surface area contributed by atoms with Crippen molar-refractivity contribution in [2.75, 3.05) is 25.0 Å². The highest BCUT2D eigenvalue weighted by Crippen LogP contribution is 2.26. The highest BCUT2D eigenvalue weighted by Gasteiger charge is 2.39. The van der Waals surface area contributed by atoms with Crippen molar-refractivity contribution in [3.63, 3.8) is 0 Å². The minimum Gasteiger partial charge on any atom is -0.460 e. The Hall–Kier alpha value is -5.63. The Morgan fingerprint density at radius 1 is 1.13 bits per heavy atom. The van der Waals surface area contributed by atoms with Crippen LogP contribution in [0.5, 0.6) is 0 Å². The largest absolute Gasteiger partial charge is 0.460 e. The van der Waals surface area contributed by atoms with E-state index in [0.29, 0.717) is 29.7 Å². The Kier molecular flexibility index (Phi) is 12.7. The number of nitrogens with one attached hydrogen (secondary N) is 2. The number of aromatic nitrogens is 2. The molecular formula is C38H43N5O9. The molecule has 3 N–H and O–H groups in total. The molecule has 1 fully saturated rings. The SMILES string of the molecule is CC1=C[C@@H](O)CC(=O)Cc2nc(co2)C(=O)N2CCC[C@@H]2C(=O)O[C@H]([C@@H](C)COC(=O)Nc2ccc3ccccc3n2)[C@H](C)/C=C/C(=O)NCC=C1. The van der Waals surface area contributed by atoms with Crippen LogP contribution in [0.15, 0.2) is 83.0 Å². The molecule has 0 unspecified atom stereocenters. The van der Waals surface area contributed by atoms with E-state index in [-0.39, 0.29) is 49.9 Å². The summed E-state index contributed by atoms with van der Waals surface area (Å²) in [5.41, 5.74) is 1.33. The average molecular weight is 714 g/mol. The van der Waals surface area contributed by atoms with Crippen LogP contribution < -0.4 is 10.6 Å². The van der Waals surface area contributed by atoms with Crippen molar-refractivity contribution >= 4 is 46.4 Å². The van der Waals surface area contributed by atoms with Crippen molar-refractivity contribution < 1.29 is 43.0 Å². The summed E-state index contributed by atoms with van der Waals surface area (Å²) in [7, 11) is 0. The second-order valence-electron chi connectivity index (χ2n) is 13.0. The molecule has 5 atom stereocenters. The van der Waals surface area contributed by atoms with Gasteiger partial charge >= 0.3 is 12.1 Å². The van der Waals surface area contributed by atoms with Crippen LogP contribution in [-0.4, -0.2) is 87.6 Å². The number of ketones is 1. The molecule has 5 rings (SSSR count). The summed E-state index contributed by atoms with van der Waals surface area (Å²) in [5.74, 6) is -2.67. The van der Waals surface area contributed by atoms with Crippen molar-refractivity contribution in [2.24, 2.45) is 11.8 Å². The van der Waals surface area contributed by atoms with E-state index in [9.17, 15) is 29.1 Å². The van der Waals surface area contributed by atoms with Crippen LogP contribution >= 0.6 is 0 Å². The van der Waals surface area contributed by atoms with E-state index in [1.807, 2.05) is 30.3 Å². The molecule has 2 bridgehead atoms. The summed E-state index contributed by atoms with van der Waals surface area (Å²) in [4.78, 5) is 75.2. The van der Waals surface area contributed by atoms with Gasteiger partial charge in [0, 0.05) is 36.7 Å². The van der Waals surface area contributed by atoms with Crippen molar-refractivity contribution in [3.05, 3.63) is 90.2 Å². The molecule has 0 spiro atoms. The fraction of sp³-hybridized carbons (Fsp3) is 0.395. The van der Waals surface area contributed by atoms with Crippen LogP contribution in [-0.2, 0) is 30.3 Å². The zero-order valence-electron chi connectivity index (χ0n) is 29.3. The molecule has 3 aromatic rings. The molecule has 2 aliphatic rings. The monoisotopic (exact) mass is 713 g/mol. The topological polar surface area (TPSA) is 190 Å². The summed E-state index contributed by atoms with van der Waals surface area (Å²) >= 11 is 0. The second-order valence-corrected chi connectivity index (χ2v) is 13.0. The number of ether oxygens (including phenoxy) is 2. The van der Waals surface area contributed by atoms with Gasteiger partial charge in [-0.3, -0.25) is 19.7 Å². The minimum atomic E-state index is -1.05. The average Bonchev–Trinajstić information content (AvgIpc) is 3.80. The first-order chi connectivity index (χ1) is 25.0. The molecule has 2 aliphatic heterocycles. The van der Waals surface area contributed by atoms with Gasteiger partial charge in [-0.25, -0.2) is 19.6 Å². The van der Waals surface area contributed by atoms with Gasteiger partial charge < -0.3 is 29.2 Å². The Morgan fingerprint density at radius 3 is 2.77 bits per heavy atom. The number of carbonyl (C=O) groups excluding carboxylic acids is 5. The lowest BCUT2D eigenvalue weighted by molar-refractivity contribution is -0.159. The molecular weight excluding hydrogens is 670 g/mol. The molecule has 0 saturated carbocycles. The summed E-state index contributed by atoms with van der Waals surface area (Å²) in [6.45, 7) is 5.61. The third-order valence-electron chi connectivity index (χ3n) is 8.76. The number of rotatable bonds is 4. The number of amides is 3. The van der Waals surface area contributed by atoms with E-state index in [4.69, 9.17) is 13.9 Å². The first-order valence-electron chi connectivity index (χ1n) is 17.2. The van der Waals surface area contributed by atoms with Crippen LogP contribution in [0.25, 0.3) is 10.9 Å². The number of para-hydroxylation sites is 1. The lowest BCUT2D eigenvalue weighted by Crippen LogP contribution is -2.44. The van der Waals surface area contributed by atoms with Gasteiger partial charge in [-0.15, -0.1) is 0 Å². The number of Topliss-reactive ketones (excluding diaryl/α,β-unsaturated/α-hetero) is 1. The molecule has 0 aliphatic carbocycles. The smallest absolute Gasteiger partial charge is 0.412 e. The van der Waals surface area contributed by atoms with Crippen LogP contribution in [0.3, 0.4) is 0 Å². The quantitative estimate of drug-likeness (QED) is 0.327. The summed E-state index contributed by atoms with van der Waals surface area (Å²) in [5, 5.41) is 16.7. The maximum atomic E-state index is 13.7. The molecule has 274 valence electrons. The van der Waals surface area contributed by atoms with Crippen LogP contribution in [0.2, 0.25) is 0 Å². The van der Waals surface area contributed by atoms with Gasteiger partial charge in [-0.2, -0.15) is 0 Å². The zero-order chi connectivity index (χ0) is 37.2. The van der Waals surface area contributed by atoms with E-state index in [1.54, 1.807) is 45.1 Å². The Bertz CT molecular complexity index is 1880. The molecule has 2 aromatic heterocycles. The predicted molar refractivity (Wildman–Crippen MR) is 190 cm³/mol. The van der Waals surface area contributed by atoms with Gasteiger partial charge in [-0.1, -0.05) is 61.9 Å². The van der Waals surface area contributed by atoms with E-state index < -0.39 is 54.0 Å². The maximum absolute atomic E-state index is 13.7. The number of nitrogens with zero attached hydrogens (tertiary/aromatic N) is 3. The van der Waals surface area contributed by atoms with Gasteiger partial charge in [0.2, 0.25) is 11.8 Å². The van der Waals surface area contributed by atoms with Gasteiger partial charge in [0.05, 0.1) is 24.6 Å². The number of carbonyl (C=O) groups is 5. The highest BCUT2D eigenvalue weighted by molar-refractivity contribution is 5.95. The number of oxazole rings is 1. The van der Waals surface area contributed by atoms with Crippen LogP contribution in [0, 0.1) is 11.8 Å². The lowest BCUT2D eigenvalue weighted by atomic mass is 9.93. The van der Waals surface area contributed by atoms with Crippen molar-refractivity contribution in [2.45, 2.75) is 64.7 Å². The Balaban J connectivity index is 1.32. The minimum absolute atomic E-state index is 0.0172. The first-order valence-corrected chi connectivity index (χ1v) is 17.2. The lowest BCUT2D eigenvalue weighted by Gasteiger charge is -2.30. The van der Waals surface area contributed by atoms with Gasteiger partial charge in [0.15, 0.2) is 5.69 Å². The summed E-state index contributed by atoms with van der Waals surface area (Å²) in [6, 6.07) is 10.0. The molecule has 4 heterocycles. The Labute approximate surface area is 301 Å². The number of fused-ring (bicyclic) bond motifs is 4. The number of hydrogen-bond donors (Lipinski definition) is 3. The number of esters is 1. The van der Waals surface area contributed by atoms with E-state index in [0.717, 1.165) is 11.6 Å². The highest BCUT2D eigenvalue weighted by atomic mass is 16.6. The fourth-order valence-corrected chi connectivity index (χ4v) is 6.13. The number of anilines is 1. The molecule has 1 aromatic carbocycles. The first kappa shape index (κ1) is 37.6. The number of hydrogen-bond acceptors (Lipinski definition) is 11. The van der Waals surface area contributed by atoms with E-state index in [1.165, 1.54) is 17.1 Å². The number of pyridine rings is 1. The second kappa shape index (κ2) is 17.5. The van der Waals surface area contributed by atoms with Crippen molar-refractivity contribution in [3.8, 4) is 0 Å². The number of allylic oxidation sites excluding steroid dienone is 2. The third-order valence-corrected chi connectivity index (χ3v) is 8.76. The molecule has 1 saturated heterocycles. The normalized spacial score (nSPS) is 23.6. The van der Waals surface area contributed by atoms with Crippen LogP contribution in [0.4, 0.5) is 10.6 Å². The fourth-order valence-electron chi connectivity index (χ4n) is 6.13. The number of benzene rings is 1. The molecule has 52 heavy (non-hydrogen) atoms. The number of aliphatic hydroxyl groups excluding tert-OH is 1. The predicted octanol–water partition coefficient (Wildman–Crippen LogP) is 4.31. The van der Waals surface area contributed by atoms with Crippen molar-refractivity contribution in [1.29, 1.82) is 0 Å². The molecule has 0 radical (unpaired) electrons. The number of aliphatic hydroxyl groups is 1. The Morgan fingerprint density at radius 2 is 1.94 bits per heavy atom. The van der Waals surface area contributed by atoms with Crippen molar-refractivity contribution in [1.82, 2.24) is 20.2 Å². The summed E-state index contributed by atoms with van der Waals surface area (Å²) in [6.07, 6.45) is 6.84. The third kappa shape index (κ3) is 10.2.